The molecule has 0 radical (unpaired) electrons. The molecule has 134 valence electrons. The summed E-state index contributed by atoms with van der Waals surface area (Å²) >= 11 is 0. The molecule has 2 aromatic rings. The molecule has 1 aliphatic heterocycles. The number of nitrogens with zero attached hydrogens (tertiary/aromatic N) is 3. The number of anilines is 1. The maximum Gasteiger partial charge on any atom is 0.225 e. The first-order valence-corrected chi connectivity index (χ1v) is 9.56. The lowest BCUT2D eigenvalue weighted by Crippen LogP contribution is -2.36. The molecular formula is C22H25N3O. The molecule has 0 spiro atoms. The minimum Gasteiger partial charge on any atom is -0.341 e. The molecule has 0 bridgehead atoms. The fraction of sp³-hybridized carbons (Fsp3) is 0.409. The van der Waals surface area contributed by atoms with Gasteiger partial charge in [-0.25, -0.2) is 9.97 Å². The number of piperidine rings is 1. The SMILES string of the molecule is CC1CCCN(c2ncc3c(n2)CC(C=Cc2ccccc2)CC3=O)C1. The van der Waals surface area contributed by atoms with Crippen molar-refractivity contribution in [3.05, 3.63) is 59.4 Å². The molecule has 2 heterocycles. The van der Waals surface area contributed by atoms with Gasteiger partial charge in [0.15, 0.2) is 5.78 Å². The van der Waals surface area contributed by atoms with E-state index >= 15 is 0 Å². The van der Waals surface area contributed by atoms with Crippen LogP contribution in [0.25, 0.3) is 6.08 Å². The van der Waals surface area contributed by atoms with Crippen LogP contribution in [0.2, 0.25) is 0 Å². The van der Waals surface area contributed by atoms with Gasteiger partial charge in [0.25, 0.3) is 0 Å². The van der Waals surface area contributed by atoms with Gasteiger partial charge in [-0.3, -0.25) is 4.79 Å². The smallest absolute Gasteiger partial charge is 0.225 e. The summed E-state index contributed by atoms with van der Waals surface area (Å²) in [4.78, 5) is 24.1. The Bertz CT molecular complexity index is 815. The third kappa shape index (κ3) is 3.69. The molecule has 0 N–H and O–H groups in total. The number of carbonyl (C=O) groups is 1. The first-order chi connectivity index (χ1) is 12.7. The van der Waals surface area contributed by atoms with Crippen LogP contribution in [0.5, 0.6) is 0 Å². The zero-order valence-electron chi connectivity index (χ0n) is 15.3. The van der Waals surface area contributed by atoms with Gasteiger partial charge in [0.1, 0.15) is 0 Å². The monoisotopic (exact) mass is 347 g/mol. The van der Waals surface area contributed by atoms with Crippen LogP contribution in [0.3, 0.4) is 0 Å². The number of Topliss-reactive ketones (excluding diaryl/α,β-unsaturated/α-hetero) is 1. The predicted molar refractivity (Wildman–Crippen MR) is 104 cm³/mol. The van der Waals surface area contributed by atoms with E-state index in [4.69, 9.17) is 4.98 Å². The van der Waals surface area contributed by atoms with E-state index in [0.717, 1.165) is 36.7 Å². The van der Waals surface area contributed by atoms with Crippen LogP contribution in [-0.4, -0.2) is 28.8 Å². The van der Waals surface area contributed by atoms with Crippen molar-refractivity contribution in [1.82, 2.24) is 9.97 Å². The molecule has 2 atom stereocenters. The van der Waals surface area contributed by atoms with Gasteiger partial charge in [-0.2, -0.15) is 0 Å². The van der Waals surface area contributed by atoms with Crippen molar-refractivity contribution in [2.24, 2.45) is 11.8 Å². The predicted octanol–water partition coefficient (Wildman–Crippen LogP) is 4.17. The van der Waals surface area contributed by atoms with Crippen LogP contribution in [0.4, 0.5) is 5.95 Å². The summed E-state index contributed by atoms with van der Waals surface area (Å²) in [6.07, 6.45) is 9.81. The Balaban J connectivity index is 1.53. The molecule has 1 aromatic carbocycles. The van der Waals surface area contributed by atoms with Gasteiger partial charge < -0.3 is 4.90 Å². The third-order valence-electron chi connectivity index (χ3n) is 5.36. The summed E-state index contributed by atoms with van der Waals surface area (Å²) in [5, 5.41) is 0. The van der Waals surface area contributed by atoms with E-state index in [1.165, 1.54) is 12.8 Å². The average molecular weight is 347 g/mol. The third-order valence-corrected chi connectivity index (χ3v) is 5.36. The molecule has 26 heavy (non-hydrogen) atoms. The standard InChI is InChI=1S/C22H25N3O/c1-16-6-5-11-25(15-16)22-23-14-19-20(24-22)12-18(13-21(19)26)10-9-17-7-3-2-4-8-17/h2-4,7-10,14,16,18H,5-6,11-13,15H2,1H3. The molecular weight excluding hydrogens is 322 g/mol. The second-order valence-corrected chi connectivity index (χ2v) is 7.59. The molecule has 1 aliphatic carbocycles. The molecule has 1 saturated heterocycles. The average Bonchev–Trinajstić information content (AvgIpc) is 2.67. The van der Waals surface area contributed by atoms with Crippen molar-refractivity contribution < 1.29 is 4.79 Å². The molecule has 1 fully saturated rings. The van der Waals surface area contributed by atoms with Crippen LogP contribution in [0.15, 0.2) is 42.6 Å². The molecule has 2 aliphatic rings. The number of hydrogen-bond acceptors (Lipinski definition) is 4. The van der Waals surface area contributed by atoms with Crippen molar-refractivity contribution in [2.75, 3.05) is 18.0 Å². The van der Waals surface area contributed by atoms with Crippen LogP contribution in [0, 0.1) is 11.8 Å². The van der Waals surface area contributed by atoms with E-state index in [2.05, 4.69) is 41.1 Å². The summed E-state index contributed by atoms with van der Waals surface area (Å²) in [5.74, 6) is 1.83. The van der Waals surface area contributed by atoms with Crippen LogP contribution in [0.1, 0.15) is 47.8 Å². The Morgan fingerprint density at radius 1 is 1.19 bits per heavy atom. The fourth-order valence-corrected chi connectivity index (χ4v) is 3.93. The first kappa shape index (κ1) is 17.0. The van der Waals surface area contributed by atoms with Gasteiger partial charge in [0.05, 0.1) is 11.3 Å². The normalized spacial score (nSPS) is 23.3. The number of rotatable bonds is 3. The Morgan fingerprint density at radius 3 is 2.85 bits per heavy atom. The zero-order chi connectivity index (χ0) is 17.9. The quantitative estimate of drug-likeness (QED) is 0.836. The van der Waals surface area contributed by atoms with E-state index in [0.29, 0.717) is 17.9 Å². The lowest BCUT2D eigenvalue weighted by molar-refractivity contribution is 0.0957. The second kappa shape index (κ2) is 7.40. The molecule has 4 rings (SSSR count). The van der Waals surface area contributed by atoms with E-state index in [-0.39, 0.29) is 11.7 Å². The van der Waals surface area contributed by atoms with E-state index in [1.807, 2.05) is 18.2 Å². The van der Waals surface area contributed by atoms with Gasteiger partial charge >= 0.3 is 0 Å². The van der Waals surface area contributed by atoms with E-state index in [1.54, 1.807) is 6.20 Å². The van der Waals surface area contributed by atoms with Gasteiger partial charge in [-0.1, -0.05) is 49.4 Å². The highest BCUT2D eigenvalue weighted by Crippen LogP contribution is 2.28. The lowest BCUT2D eigenvalue weighted by Gasteiger charge is -2.31. The number of benzene rings is 1. The molecule has 4 heteroatoms. The Morgan fingerprint density at radius 2 is 2.04 bits per heavy atom. The molecule has 1 aromatic heterocycles. The number of allylic oxidation sites excluding steroid dienone is 1. The van der Waals surface area contributed by atoms with Crippen molar-refractivity contribution in [3.63, 3.8) is 0 Å². The second-order valence-electron chi connectivity index (χ2n) is 7.59. The van der Waals surface area contributed by atoms with Crippen molar-refractivity contribution in [1.29, 1.82) is 0 Å². The summed E-state index contributed by atoms with van der Waals surface area (Å²) in [6.45, 7) is 4.29. The first-order valence-electron chi connectivity index (χ1n) is 9.56. The zero-order valence-corrected chi connectivity index (χ0v) is 15.3. The Labute approximate surface area is 155 Å². The Kier molecular flexibility index (Phi) is 4.83. The molecule has 0 saturated carbocycles. The summed E-state index contributed by atoms with van der Waals surface area (Å²) in [5.41, 5.74) is 2.78. The van der Waals surface area contributed by atoms with E-state index < -0.39 is 0 Å². The van der Waals surface area contributed by atoms with Crippen LogP contribution >= 0.6 is 0 Å². The van der Waals surface area contributed by atoms with Gasteiger partial charge in [-0.05, 0) is 36.7 Å². The number of carbonyl (C=O) groups excluding carboxylic acids is 1. The van der Waals surface area contributed by atoms with Crippen molar-refractivity contribution >= 4 is 17.8 Å². The van der Waals surface area contributed by atoms with Gasteiger partial charge in [0.2, 0.25) is 5.95 Å². The minimum atomic E-state index is 0.160. The van der Waals surface area contributed by atoms with Gasteiger partial charge in [0, 0.05) is 25.7 Å². The summed E-state index contributed by atoms with van der Waals surface area (Å²) in [6, 6.07) is 10.2. The minimum absolute atomic E-state index is 0.160. The highest BCUT2D eigenvalue weighted by molar-refractivity contribution is 5.98. The topological polar surface area (TPSA) is 46.1 Å². The van der Waals surface area contributed by atoms with E-state index in [9.17, 15) is 4.79 Å². The van der Waals surface area contributed by atoms with Crippen LogP contribution < -0.4 is 4.90 Å². The highest BCUT2D eigenvalue weighted by atomic mass is 16.1. The number of hydrogen-bond donors (Lipinski definition) is 0. The summed E-state index contributed by atoms with van der Waals surface area (Å²) < 4.78 is 0. The molecule has 2 unspecified atom stereocenters. The number of ketones is 1. The van der Waals surface area contributed by atoms with Crippen molar-refractivity contribution in [2.45, 2.75) is 32.6 Å². The maximum absolute atomic E-state index is 12.5. The maximum atomic E-state index is 12.5. The highest BCUT2D eigenvalue weighted by Gasteiger charge is 2.27. The number of fused-ring (bicyclic) bond motifs is 1. The summed E-state index contributed by atoms with van der Waals surface area (Å²) in [7, 11) is 0. The molecule has 0 amide bonds. The Hall–Kier alpha value is -2.49. The molecule has 4 nitrogen and oxygen atoms in total. The van der Waals surface area contributed by atoms with Crippen LogP contribution in [-0.2, 0) is 6.42 Å². The lowest BCUT2D eigenvalue weighted by atomic mass is 9.86. The fourth-order valence-electron chi connectivity index (χ4n) is 3.93. The number of aromatic nitrogens is 2. The van der Waals surface area contributed by atoms with Gasteiger partial charge in [-0.15, -0.1) is 0 Å². The largest absolute Gasteiger partial charge is 0.341 e. The van der Waals surface area contributed by atoms with Crippen molar-refractivity contribution in [3.8, 4) is 0 Å².